The third-order valence-corrected chi connectivity index (χ3v) is 3.85. The molecule has 0 atom stereocenters. The van der Waals surface area contributed by atoms with E-state index in [1.54, 1.807) is 19.2 Å². The summed E-state index contributed by atoms with van der Waals surface area (Å²) in [5.74, 6) is 1.84. The maximum Gasteiger partial charge on any atom is 0.229 e. The number of aromatic nitrogens is 2. The van der Waals surface area contributed by atoms with Crippen LogP contribution in [-0.4, -0.2) is 17.1 Å². The molecule has 5 nitrogen and oxygen atoms in total. The number of ether oxygens (including phenoxy) is 1. The molecule has 2 N–H and O–H groups in total. The summed E-state index contributed by atoms with van der Waals surface area (Å²) in [6.45, 7) is 3.98. The number of nitrogens with zero attached hydrogens (tertiary/aromatic N) is 2. The molecule has 0 spiro atoms. The van der Waals surface area contributed by atoms with Crippen molar-refractivity contribution in [2.75, 3.05) is 17.7 Å². The van der Waals surface area contributed by atoms with Crippen LogP contribution < -0.4 is 15.4 Å². The highest BCUT2D eigenvalue weighted by atomic mass is 35.5. The molecule has 0 amide bonds. The molecule has 0 saturated carbocycles. The van der Waals surface area contributed by atoms with Crippen molar-refractivity contribution in [2.45, 2.75) is 13.8 Å². The van der Waals surface area contributed by atoms with Crippen LogP contribution in [0.3, 0.4) is 0 Å². The van der Waals surface area contributed by atoms with E-state index in [0.717, 1.165) is 22.9 Å². The van der Waals surface area contributed by atoms with Crippen molar-refractivity contribution in [3.05, 3.63) is 64.8 Å². The standard InChI is InChI=1S/C19H19ClN4O/c1-12-5-4-6-14(9-12)22-18-10-13(2)21-19(24-18)23-15-7-8-17(25-3)16(20)11-15/h4-11H,1-3H3,(H2,21,22,23,24). The monoisotopic (exact) mass is 354 g/mol. The average molecular weight is 355 g/mol. The van der Waals surface area contributed by atoms with Gasteiger partial charge >= 0.3 is 0 Å². The van der Waals surface area contributed by atoms with Gasteiger partial charge < -0.3 is 15.4 Å². The zero-order chi connectivity index (χ0) is 17.8. The van der Waals surface area contributed by atoms with Gasteiger partial charge in [-0.3, -0.25) is 0 Å². The van der Waals surface area contributed by atoms with Gasteiger partial charge in [0.15, 0.2) is 0 Å². The number of hydrogen-bond donors (Lipinski definition) is 2. The number of anilines is 4. The van der Waals surface area contributed by atoms with Crippen LogP contribution in [0.5, 0.6) is 5.75 Å². The molecule has 0 bridgehead atoms. The second kappa shape index (κ2) is 7.40. The minimum Gasteiger partial charge on any atom is -0.495 e. The first-order valence-electron chi connectivity index (χ1n) is 7.83. The van der Waals surface area contributed by atoms with Gasteiger partial charge in [-0.2, -0.15) is 4.98 Å². The van der Waals surface area contributed by atoms with Gasteiger partial charge in [0.05, 0.1) is 12.1 Å². The molecule has 0 aliphatic rings. The number of benzene rings is 2. The highest BCUT2D eigenvalue weighted by Crippen LogP contribution is 2.28. The molecule has 128 valence electrons. The summed E-state index contributed by atoms with van der Waals surface area (Å²) in [5, 5.41) is 7.00. The summed E-state index contributed by atoms with van der Waals surface area (Å²) >= 11 is 6.16. The fraction of sp³-hybridized carbons (Fsp3) is 0.158. The van der Waals surface area contributed by atoms with Gasteiger partial charge in [-0.05, 0) is 49.7 Å². The first-order valence-corrected chi connectivity index (χ1v) is 8.21. The maximum atomic E-state index is 6.16. The summed E-state index contributed by atoms with van der Waals surface area (Å²) < 4.78 is 5.16. The number of nitrogens with one attached hydrogen (secondary N) is 2. The Kier molecular flexibility index (Phi) is 5.05. The van der Waals surface area contributed by atoms with Crippen molar-refractivity contribution >= 4 is 34.7 Å². The number of rotatable bonds is 5. The van der Waals surface area contributed by atoms with E-state index in [1.165, 1.54) is 5.56 Å². The third kappa shape index (κ3) is 4.39. The van der Waals surface area contributed by atoms with Gasteiger partial charge in [0, 0.05) is 23.1 Å². The highest BCUT2D eigenvalue weighted by molar-refractivity contribution is 6.32. The molecule has 0 aliphatic heterocycles. The molecular formula is C19H19ClN4O. The fourth-order valence-electron chi connectivity index (χ4n) is 2.43. The first kappa shape index (κ1) is 17.0. The molecule has 0 fully saturated rings. The van der Waals surface area contributed by atoms with E-state index >= 15 is 0 Å². The maximum absolute atomic E-state index is 6.16. The number of methoxy groups -OCH3 is 1. The second-order valence-electron chi connectivity index (χ2n) is 5.69. The van der Waals surface area contributed by atoms with E-state index < -0.39 is 0 Å². The fourth-order valence-corrected chi connectivity index (χ4v) is 2.69. The van der Waals surface area contributed by atoms with Crippen LogP contribution in [0, 0.1) is 13.8 Å². The molecule has 0 aliphatic carbocycles. The average Bonchev–Trinajstić information content (AvgIpc) is 2.54. The summed E-state index contributed by atoms with van der Waals surface area (Å²) in [4.78, 5) is 8.94. The minimum absolute atomic E-state index is 0.497. The van der Waals surface area contributed by atoms with Gasteiger partial charge in [0.2, 0.25) is 5.95 Å². The van der Waals surface area contributed by atoms with Gasteiger partial charge in [-0.15, -0.1) is 0 Å². The Morgan fingerprint density at radius 2 is 1.72 bits per heavy atom. The van der Waals surface area contributed by atoms with Crippen molar-refractivity contribution in [3.8, 4) is 5.75 Å². The minimum atomic E-state index is 0.497. The summed E-state index contributed by atoms with van der Waals surface area (Å²) in [7, 11) is 1.58. The predicted molar refractivity (Wildman–Crippen MR) is 103 cm³/mol. The molecule has 1 aromatic heterocycles. The van der Waals surface area contributed by atoms with Crippen molar-refractivity contribution in [2.24, 2.45) is 0 Å². The zero-order valence-corrected chi connectivity index (χ0v) is 15.1. The van der Waals surface area contributed by atoms with E-state index in [4.69, 9.17) is 16.3 Å². The topological polar surface area (TPSA) is 59.1 Å². The molecular weight excluding hydrogens is 336 g/mol. The SMILES string of the molecule is COc1ccc(Nc2nc(C)cc(Nc3cccc(C)c3)n2)cc1Cl. The number of halogens is 1. The van der Waals surface area contributed by atoms with Crippen LogP contribution >= 0.6 is 11.6 Å². The van der Waals surface area contributed by atoms with Crippen molar-refractivity contribution in [1.82, 2.24) is 9.97 Å². The molecule has 1 heterocycles. The van der Waals surface area contributed by atoms with Crippen molar-refractivity contribution < 1.29 is 4.74 Å². The van der Waals surface area contributed by atoms with Crippen LogP contribution in [0.15, 0.2) is 48.5 Å². The Labute approximate surface area is 152 Å². The molecule has 3 aromatic rings. The van der Waals surface area contributed by atoms with Crippen molar-refractivity contribution in [1.29, 1.82) is 0 Å². The van der Waals surface area contributed by atoms with E-state index in [9.17, 15) is 0 Å². The molecule has 25 heavy (non-hydrogen) atoms. The Morgan fingerprint density at radius 1 is 0.920 bits per heavy atom. The van der Waals surface area contributed by atoms with E-state index in [-0.39, 0.29) is 0 Å². The van der Waals surface area contributed by atoms with Crippen molar-refractivity contribution in [3.63, 3.8) is 0 Å². The molecule has 3 rings (SSSR count). The lowest BCUT2D eigenvalue weighted by Gasteiger charge is -2.11. The Hall–Kier alpha value is -2.79. The quantitative estimate of drug-likeness (QED) is 0.656. The Bertz CT molecular complexity index is 898. The lowest BCUT2D eigenvalue weighted by atomic mass is 10.2. The highest BCUT2D eigenvalue weighted by Gasteiger charge is 2.06. The molecule has 0 radical (unpaired) electrons. The Balaban J connectivity index is 1.83. The van der Waals surface area contributed by atoms with Crippen LogP contribution in [0.4, 0.5) is 23.1 Å². The lowest BCUT2D eigenvalue weighted by Crippen LogP contribution is -2.02. The summed E-state index contributed by atoms with van der Waals surface area (Å²) in [5.41, 5.74) is 3.81. The van der Waals surface area contributed by atoms with Crippen LogP contribution in [0.1, 0.15) is 11.3 Å². The summed E-state index contributed by atoms with van der Waals surface area (Å²) in [6, 6.07) is 15.5. The zero-order valence-electron chi connectivity index (χ0n) is 14.3. The first-order chi connectivity index (χ1) is 12.0. The van der Waals surface area contributed by atoms with Crippen LogP contribution in [-0.2, 0) is 0 Å². The number of aryl methyl sites for hydroxylation is 2. The van der Waals surface area contributed by atoms with E-state index in [1.807, 2.05) is 31.2 Å². The normalized spacial score (nSPS) is 10.4. The van der Waals surface area contributed by atoms with E-state index in [0.29, 0.717) is 16.7 Å². The van der Waals surface area contributed by atoms with Gasteiger partial charge in [0.25, 0.3) is 0 Å². The molecule has 0 saturated heterocycles. The smallest absolute Gasteiger partial charge is 0.229 e. The molecule has 2 aromatic carbocycles. The second-order valence-corrected chi connectivity index (χ2v) is 6.09. The number of hydrogen-bond acceptors (Lipinski definition) is 5. The van der Waals surface area contributed by atoms with E-state index in [2.05, 4.69) is 39.7 Å². The lowest BCUT2D eigenvalue weighted by molar-refractivity contribution is 0.415. The Morgan fingerprint density at radius 3 is 2.44 bits per heavy atom. The van der Waals surface area contributed by atoms with Crippen LogP contribution in [0.2, 0.25) is 5.02 Å². The third-order valence-electron chi connectivity index (χ3n) is 3.55. The molecule has 6 heteroatoms. The molecule has 0 unspecified atom stereocenters. The largest absolute Gasteiger partial charge is 0.495 e. The van der Waals surface area contributed by atoms with Gasteiger partial charge in [-0.25, -0.2) is 4.98 Å². The summed E-state index contributed by atoms with van der Waals surface area (Å²) in [6.07, 6.45) is 0. The van der Waals surface area contributed by atoms with Crippen LogP contribution in [0.25, 0.3) is 0 Å². The van der Waals surface area contributed by atoms with Gasteiger partial charge in [0.1, 0.15) is 11.6 Å². The predicted octanol–water partition coefficient (Wildman–Crippen LogP) is 5.24. The van der Waals surface area contributed by atoms with Gasteiger partial charge in [-0.1, -0.05) is 23.7 Å².